The Morgan fingerprint density at radius 2 is 2.04 bits per heavy atom. The molecule has 2 amide bonds. The SMILES string of the molecule is CCCNC(=O)Nc1n[nH]c2cc(-c3cccc(OC)c3)ccc12. The fraction of sp³-hybridized carbons (Fsp3) is 0.222. The van der Waals surface area contributed by atoms with Crippen molar-refractivity contribution >= 4 is 22.8 Å². The van der Waals surface area contributed by atoms with Crippen LogP contribution < -0.4 is 15.4 Å². The first-order chi connectivity index (χ1) is 11.7. The summed E-state index contributed by atoms with van der Waals surface area (Å²) >= 11 is 0. The Labute approximate surface area is 140 Å². The number of fused-ring (bicyclic) bond motifs is 1. The molecule has 3 rings (SSSR count). The number of ether oxygens (including phenoxy) is 1. The summed E-state index contributed by atoms with van der Waals surface area (Å²) in [5, 5.41) is 13.6. The summed E-state index contributed by atoms with van der Waals surface area (Å²) in [5.74, 6) is 1.34. The standard InChI is InChI=1S/C18H20N4O2/c1-3-9-19-18(23)20-17-15-8-7-13(11-16(15)21-22-17)12-5-4-6-14(10-12)24-2/h4-8,10-11H,3,9H2,1-2H3,(H3,19,20,21,22,23). The Morgan fingerprint density at radius 3 is 2.83 bits per heavy atom. The number of methoxy groups -OCH3 is 1. The highest BCUT2D eigenvalue weighted by molar-refractivity contribution is 6.00. The lowest BCUT2D eigenvalue weighted by atomic mass is 10.0. The summed E-state index contributed by atoms with van der Waals surface area (Å²) in [6, 6.07) is 13.6. The molecule has 0 aliphatic rings. The number of hydrogen-bond donors (Lipinski definition) is 3. The van der Waals surface area contributed by atoms with Crippen LogP contribution in [0.1, 0.15) is 13.3 Å². The average Bonchev–Trinajstić information content (AvgIpc) is 3.02. The quantitative estimate of drug-likeness (QED) is 0.668. The summed E-state index contributed by atoms with van der Waals surface area (Å²) < 4.78 is 5.27. The van der Waals surface area contributed by atoms with Gasteiger partial charge in [-0.1, -0.05) is 25.1 Å². The molecule has 0 aliphatic carbocycles. The van der Waals surface area contributed by atoms with E-state index in [0.717, 1.165) is 34.2 Å². The fourth-order valence-electron chi connectivity index (χ4n) is 2.49. The topological polar surface area (TPSA) is 79.0 Å². The lowest BCUT2D eigenvalue weighted by Gasteiger charge is -2.06. The first-order valence-corrected chi connectivity index (χ1v) is 7.88. The molecular formula is C18H20N4O2. The smallest absolute Gasteiger partial charge is 0.320 e. The van der Waals surface area contributed by atoms with E-state index in [2.05, 4.69) is 20.8 Å². The highest BCUT2D eigenvalue weighted by Crippen LogP contribution is 2.28. The van der Waals surface area contributed by atoms with E-state index in [4.69, 9.17) is 4.74 Å². The van der Waals surface area contributed by atoms with Crippen LogP contribution in [-0.4, -0.2) is 29.9 Å². The van der Waals surface area contributed by atoms with E-state index in [0.29, 0.717) is 12.4 Å². The molecule has 0 saturated heterocycles. The van der Waals surface area contributed by atoms with E-state index in [-0.39, 0.29) is 6.03 Å². The van der Waals surface area contributed by atoms with E-state index < -0.39 is 0 Å². The second kappa shape index (κ2) is 7.04. The molecule has 0 bridgehead atoms. The molecule has 0 spiro atoms. The van der Waals surface area contributed by atoms with Crippen molar-refractivity contribution in [1.29, 1.82) is 0 Å². The number of nitrogens with zero attached hydrogens (tertiary/aromatic N) is 1. The Morgan fingerprint density at radius 1 is 1.21 bits per heavy atom. The van der Waals surface area contributed by atoms with Crippen LogP contribution in [-0.2, 0) is 0 Å². The van der Waals surface area contributed by atoms with Gasteiger partial charge in [0.25, 0.3) is 0 Å². The summed E-state index contributed by atoms with van der Waals surface area (Å²) in [5.41, 5.74) is 2.97. The van der Waals surface area contributed by atoms with Gasteiger partial charge in [-0.25, -0.2) is 4.79 Å². The number of H-pyrrole nitrogens is 1. The van der Waals surface area contributed by atoms with Crippen LogP contribution in [0.15, 0.2) is 42.5 Å². The maximum absolute atomic E-state index is 11.8. The van der Waals surface area contributed by atoms with E-state index >= 15 is 0 Å². The van der Waals surface area contributed by atoms with Crippen LogP contribution in [0.5, 0.6) is 5.75 Å². The number of benzene rings is 2. The van der Waals surface area contributed by atoms with E-state index in [1.807, 2.05) is 49.4 Å². The van der Waals surface area contributed by atoms with Gasteiger partial charge in [-0.2, -0.15) is 5.10 Å². The minimum atomic E-state index is -0.248. The Balaban J connectivity index is 1.86. The van der Waals surface area contributed by atoms with Crippen molar-refractivity contribution in [2.24, 2.45) is 0 Å². The number of anilines is 1. The Bertz CT molecular complexity index is 857. The molecule has 0 aliphatic heterocycles. The zero-order valence-corrected chi connectivity index (χ0v) is 13.7. The first kappa shape index (κ1) is 15.9. The summed E-state index contributed by atoms with van der Waals surface area (Å²) in [6.45, 7) is 2.64. The minimum absolute atomic E-state index is 0.248. The van der Waals surface area contributed by atoms with E-state index in [1.54, 1.807) is 7.11 Å². The van der Waals surface area contributed by atoms with Crippen LogP contribution in [0.4, 0.5) is 10.6 Å². The molecule has 6 nitrogen and oxygen atoms in total. The number of amides is 2. The monoisotopic (exact) mass is 324 g/mol. The zero-order valence-electron chi connectivity index (χ0n) is 13.7. The molecule has 0 fully saturated rings. The molecule has 0 saturated carbocycles. The Hall–Kier alpha value is -3.02. The van der Waals surface area contributed by atoms with Crippen molar-refractivity contribution in [3.63, 3.8) is 0 Å². The molecule has 0 radical (unpaired) electrons. The summed E-state index contributed by atoms with van der Waals surface area (Å²) in [6.07, 6.45) is 0.888. The highest BCUT2D eigenvalue weighted by Gasteiger charge is 2.10. The van der Waals surface area contributed by atoms with Crippen LogP contribution in [0.25, 0.3) is 22.0 Å². The predicted molar refractivity (Wildman–Crippen MR) is 95.4 cm³/mol. The molecule has 124 valence electrons. The first-order valence-electron chi connectivity index (χ1n) is 7.88. The van der Waals surface area contributed by atoms with Gasteiger partial charge in [-0.15, -0.1) is 0 Å². The molecule has 3 aromatic rings. The Kier molecular flexibility index (Phi) is 4.65. The van der Waals surface area contributed by atoms with Gasteiger partial charge in [-0.05, 0) is 41.8 Å². The summed E-state index contributed by atoms with van der Waals surface area (Å²) in [4.78, 5) is 11.8. The van der Waals surface area contributed by atoms with Gasteiger partial charge >= 0.3 is 6.03 Å². The number of rotatable bonds is 5. The second-order valence-electron chi connectivity index (χ2n) is 5.45. The highest BCUT2D eigenvalue weighted by atomic mass is 16.5. The molecule has 0 unspecified atom stereocenters. The number of urea groups is 1. The maximum atomic E-state index is 11.8. The van der Waals surface area contributed by atoms with E-state index in [1.165, 1.54) is 0 Å². The molecule has 1 heterocycles. The molecule has 1 aromatic heterocycles. The molecule has 6 heteroatoms. The second-order valence-corrected chi connectivity index (χ2v) is 5.45. The van der Waals surface area contributed by atoms with Crippen molar-refractivity contribution in [3.8, 4) is 16.9 Å². The number of aromatic nitrogens is 2. The predicted octanol–water partition coefficient (Wildman–Crippen LogP) is 3.77. The van der Waals surface area contributed by atoms with Gasteiger partial charge < -0.3 is 10.1 Å². The van der Waals surface area contributed by atoms with Crippen molar-refractivity contribution in [2.75, 3.05) is 19.0 Å². The number of nitrogens with one attached hydrogen (secondary N) is 3. The lowest BCUT2D eigenvalue weighted by Crippen LogP contribution is -2.29. The third kappa shape index (κ3) is 3.32. The van der Waals surface area contributed by atoms with Gasteiger partial charge in [0, 0.05) is 11.9 Å². The maximum Gasteiger partial charge on any atom is 0.320 e. The lowest BCUT2D eigenvalue weighted by molar-refractivity contribution is 0.252. The van der Waals surface area contributed by atoms with Crippen LogP contribution >= 0.6 is 0 Å². The third-order valence-electron chi connectivity index (χ3n) is 3.73. The van der Waals surface area contributed by atoms with Gasteiger partial charge in [0.15, 0.2) is 5.82 Å². The van der Waals surface area contributed by atoms with Gasteiger partial charge in [0.1, 0.15) is 5.75 Å². The average molecular weight is 324 g/mol. The molecule has 24 heavy (non-hydrogen) atoms. The van der Waals surface area contributed by atoms with Crippen LogP contribution in [0, 0.1) is 0 Å². The summed E-state index contributed by atoms with van der Waals surface area (Å²) in [7, 11) is 1.65. The number of carbonyl (C=O) groups excluding carboxylic acids is 1. The number of aromatic amines is 1. The van der Waals surface area contributed by atoms with Crippen LogP contribution in [0.2, 0.25) is 0 Å². The van der Waals surface area contributed by atoms with Crippen molar-refractivity contribution in [2.45, 2.75) is 13.3 Å². The molecule has 0 atom stereocenters. The molecule has 3 N–H and O–H groups in total. The van der Waals surface area contributed by atoms with Crippen LogP contribution in [0.3, 0.4) is 0 Å². The van der Waals surface area contributed by atoms with Crippen molar-refractivity contribution < 1.29 is 9.53 Å². The van der Waals surface area contributed by atoms with Gasteiger partial charge in [0.05, 0.1) is 12.6 Å². The largest absolute Gasteiger partial charge is 0.497 e. The molecule has 2 aromatic carbocycles. The van der Waals surface area contributed by atoms with Gasteiger partial charge in [-0.3, -0.25) is 10.4 Å². The van der Waals surface area contributed by atoms with Crippen molar-refractivity contribution in [1.82, 2.24) is 15.5 Å². The number of carbonyl (C=O) groups is 1. The zero-order chi connectivity index (χ0) is 16.9. The number of hydrogen-bond acceptors (Lipinski definition) is 3. The van der Waals surface area contributed by atoms with E-state index in [9.17, 15) is 4.79 Å². The third-order valence-corrected chi connectivity index (χ3v) is 3.73. The normalized spacial score (nSPS) is 10.6. The molecular weight excluding hydrogens is 304 g/mol. The van der Waals surface area contributed by atoms with Crippen molar-refractivity contribution in [3.05, 3.63) is 42.5 Å². The fourth-order valence-corrected chi connectivity index (χ4v) is 2.49. The minimum Gasteiger partial charge on any atom is -0.497 e. The van der Waals surface area contributed by atoms with Gasteiger partial charge in [0.2, 0.25) is 0 Å².